The number of anilines is 1. The average Bonchev–Trinajstić information content (AvgIpc) is 3.82. The monoisotopic (exact) mass is 592 g/mol. The minimum atomic E-state index is -4.53. The number of nitrogens with one attached hydrogen (secondary N) is 1. The fourth-order valence-corrected chi connectivity index (χ4v) is 6.20. The fraction of sp³-hybridized carbons (Fsp3) is 0.533. The molecule has 3 aromatic rings. The average molecular weight is 594 g/mol. The molecule has 1 N–H and O–H groups in total. The topological polar surface area (TPSA) is 50.2 Å². The molecule has 10 heteroatoms. The molecule has 0 bridgehead atoms. The van der Waals surface area contributed by atoms with Crippen LogP contribution in [0.5, 0.6) is 0 Å². The lowest BCUT2D eigenvalue weighted by Gasteiger charge is -2.32. The van der Waals surface area contributed by atoms with E-state index in [1.54, 1.807) is 12.1 Å². The molecule has 2 aromatic carbocycles. The number of benzene rings is 2. The van der Waals surface area contributed by atoms with Gasteiger partial charge in [-0.15, -0.1) is 0 Å². The van der Waals surface area contributed by atoms with Crippen LogP contribution in [0.4, 0.5) is 18.9 Å². The highest BCUT2D eigenvalue weighted by atomic mass is 35.5. The Labute approximate surface area is 242 Å². The molecule has 6 rings (SSSR count). The zero-order valence-corrected chi connectivity index (χ0v) is 24.0. The summed E-state index contributed by atoms with van der Waals surface area (Å²) in [6.45, 7) is 5.14. The first-order valence-electron chi connectivity index (χ1n) is 14.1. The van der Waals surface area contributed by atoms with Crippen molar-refractivity contribution in [2.24, 2.45) is 17.3 Å². The van der Waals surface area contributed by atoms with Crippen molar-refractivity contribution in [3.05, 3.63) is 57.3 Å². The summed E-state index contributed by atoms with van der Waals surface area (Å²) < 4.78 is 42.3. The molecular weight excluding hydrogens is 560 g/mol. The van der Waals surface area contributed by atoms with Crippen LogP contribution in [0.2, 0.25) is 10.0 Å². The normalized spacial score (nSPS) is 19.3. The highest BCUT2D eigenvalue weighted by molar-refractivity contribution is 6.34. The Morgan fingerprint density at radius 2 is 1.80 bits per heavy atom. The fourth-order valence-electron chi connectivity index (χ4n) is 5.73. The SMILES string of the molecule is CC1CCN(c2cc3c(cc2Cl)nc(Cc2cc(CNC(=O)C4(C(F)(F)F)CC4)ccc2Cl)n3CC2CC2)CC1. The Balaban J connectivity index is 1.26. The summed E-state index contributed by atoms with van der Waals surface area (Å²) >= 11 is 13.4. The number of alkyl halides is 3. The van der Waals surface area contributed by atoms with Gasteiger partial charge < -0.3 is 14.8 Å². The summed E-state index contributed by atoms with van der Waals surface area (Å²) in [5, 5.41) is 3.74. The molecule has 2 heterocycles. The summed E-state index contributed by atoms with van der Waals surface area (Å²) in [6.07, 6.45) is 0.293. The van der Waals surface area contributed by atoms with Gasteiger partial charge in [0.05, 0.1) is 21.7 Å². The minimum Gasteiger partial charge on any atom is -0.370 e. The van der Waals surface area contributed by atoms with Gasteiger partial charge in [-0.1, -0.05) is 42.3 Å². The van der Waals surface area contributed by atoms with Gasteiger partial charge in [-0.25, -0.2) is 4.98 Å². The van der Waals surface area contributed by atoms with Crippen molar-refractivity contribution in [3.63, 3.8) is 0 Å². The van der Waals surface area contributed by atoms with E-state index in [2.05, 4.69) is 27.8 Å². The number of halogens is 5. The van der Waals surface area contributed by atoms with Gasteiger partial charge in [-0.2, -0.15) is 13.2 Å². The molecule has 2 aliphatic carbocycles. The van der Waals surface area contributed by atoms with Gasteiger partial charge >= 0.3 is 6.18 Å². The summed E-state index contributed by atoms with van der Waals surface area (Å²) in [5.41, 5.74) is 2.22. The van der Waals surface area contributed by atoms with Crippen LogP contribution in [0, 0.1) is 17.3 Å². The molecule has 5 nitrogen and oxygen atoms in total. The summed E-state index contributed by atoms with van der Waals surface area (Å²) in [5.74, 6) is 1.25. The highest BCUT2D eigenvalue weighted by Crippen LogP contribution is 2.57. The van der Waals surface area contributed by atoms with E-state index >= 15 is 0 Å². The lowest BCUT2D eigenvalue weighted by molar-refractivity contribution is -0.192. The van der Waals surface area contributed by atoms with Gasteiger partial charge in [-0.3, -0.25) is 4.79 Å². The maximum Gasteiger partial charge on any atom is 0.403 e. The Hall–Kier alpha value is -2.45. The van der Waals surface area contributed by atoms with Crippen molar-refractivity contribution in [2.75, 3.05) is 18.0 Å². The molecule has 0 radical (unpaired) electrons. The number of carbonyl (C=O) groups is 1. The second kappa shape index (κ2) is 10.4. The van der Waals surface area contributed by atoms with E-state index in [9.17, 15) is 18.0 Å². The van der Waals surface area contributed by atoms with Gasteiger partial charge in [0.25, 0.3) is 0 Å². The first kappa shape index (κ1) is 27.7. The third-order valence-corrected chi connectivity index (χ3v) is 9.47. The maximum atomic E-state index is 13.3. The number of rotatable bonds is 8. The molecular formula is C30H33Cl2F3N4O. The second-order valence-electron chi connectivity index (χ2n) is 11.9. The minimum absolute atomic E-state index is 0.00669. The van der Waals surface area contributed by atoms with Crippen LogP contribution in [0.1, 0.15) is 62.4 Å². The van der Waals surface area contributed by atoms with Gasteiger partial charge in [0.2, 0.25) is 5.91 Å². The van der Waals surface area contributed by atoms with Crippen LogP contribution < -0.4 is 10.2 Å². The molecule has 1 aromatic heterocycles. The number of nitrogens with zero attached hydrogens (tertiary/aromatic N) is 3. The Morgan fingerprint density at radius 1 is 1.07 bits per heavy atom. The van der Waals surface area contributed by atoms with E-state index in [1.165, 1.54) is 12.8 Å². The van der Waals surface area contributed by atoms with Crippen LogP contribution in [0.3, 0.4) is 0 Å². The van der Waals surface area contributed by atoms with Crippen molar-refractivity contribution in [1.29, 1.82) is 0 Å². The smallest absolute Gasteiger partial charge is 0.370 e. The number of fused-ring (bicyclic) bond motifs is 1. The van der Waals surface area contributed by atoms with Crippen molar-refractivity contribution in [3.8, 4) is 0 Å². The molecule has 2 saturated carbocycles. The predicted octanol–water partition coefficient (Wildman–Crippen LogP) is 7.54. The van der Waals surface area contributed by atoms with Gasteiger partial charge in [0, 0.05) is 37.6 Å². The largest absolute Gasteiger partial charge is 0.403 e. The van der Waals surface area contributed by atoms with E-state index in [-0.39, 0.29) is 19.4 Å². The van der Waals surface area contributed by atoms with Crippen LogP contribution >= 0.6 is 23.2 Å². The number of amides is 1. The first-order valence-corrected chi connectivity index (χ1v) is 14.9. The lowest BCUT2D eigenvalue weighted by atomic mass is 9.99. The number of carbonyl (C=O) groups excluding carboxylic acids is 1. The molecule has 3 fully saturated rings. The van der Waals surface area contributed by atoms with E-state index in [0.29, 0.717) is 27.9 Å². The summed E-state index contributed by atoms with van der Waals surface area (Å²) in [6, 6.07) is 9.45. The molecule has 0 spiro atoms. The number of aromatic nitrogens is 2. The number of imidazole rings is 1. The maximum absolute atomic E-state index is 13.3. The first-order chi connectivity index (χ1) is 19.0. The third-order valence-electron chi connectivity index (χ3n) is 8.80. The molecule has 40 heavy (non-hydrogen) atoms. The van der Waals surface area contributed by atoms with Crippen LogP contribution in [-0.2, 0) is 24.3 Å². The molecule has 1 amide bonds. The van der Waals surface area contributed by atoms with E-state index in [4.69, 9.17) is 28.2 Å². The van der Waals surface area contributed by atoms with Crippen molar-refractivity contribution >= 4 is 45.8 Å². The molecule has 214 valence electrons. The molecule has 3 aliphatic rings. The quantitative estimate of drug-likeness (QED) is 0.294. The van der Waals surface area contributed by atoms with Crippen molar-refractivity contribution in [1.82, 2.24) is 14.9 Å². The Kier molecular flexibility index (Phi) is 7.22. The van der Waals surface area contributed by atoms with E-state index < -0.39 is 17.5 Å². The van der Waals surface area contributed by atoms with Gasteiger partial charge in [0.15, 0.2) is 0 Å². The second-order valence-corrected chi connectivity index (χ2v) is 12.7. The zero-order chi connectivity index (χ0) is 28.2. The van der Waals surface area contributed by atoms with E-state index in [1.807, 2.05) is 12.1 Å². The molecule has 0 atom stereocenters. The number of hydrogen-bond donors (Lipinski definition) is 1. The standard InChI is InChI=1S/C30H33Cl2F3N4O/c1-18-6-10-38(11-7-18)25-15-26-24(14-23(25)32)37-27(39(26)17-19-2-3-19)13-21-12-20(4-5-22(21)31)16-36-28(40)29(8-9-29)30(33,34)35/h4-5,12,14-15,18-19H,2-3,6-11,13,16-17H2,1H3,(H,36,40). The molecule has 1 saturated heterocycles. The highest BCUT2D eigenvalue weighted by Gasteiger charge is 2.68. The van der Waals surface area contributed by atoms with E-state index in [0.717, 1.165) is 66.5 Å². The van der Waals surface area contributed by atoms with Crippen LogP contribution in [0.15, 0.2) is 30.3 Å². The summed E-state index contributed by atoms with van der Waals surface area (Å²) in [4.78, 5) is 19.7. The van der Waals surface area contributed by atoms with Crippen molar-refractivity contribution in [2.45, 2.75) is 71.1 Å². The third kappa shape index (κ3) is 5.41. The zero-order valence-electron chi connectivity index (χ0n) is 22.5. The molecule has 0 unspecified atom stereocenters. The van der Waals surface area contributed by atoms with Crippen LogP contribution in [0.25, 0.3) is 11.0 Å². The lowest BCUT2D eigenvalue weighted by Crippen LogP contribution is -2.40. The molecule has 1 aliphatic heterocycles. The predicted molar refractivity (Wildman–Crippen MR) is 152 cm³/mol. The van der Waals surface area contributed by atoms with Crippen LogP contribution in [-0.4, -0.2) is 34.7 Å². The number of hydrogen-bond acceptors (Lipinski definition) is 3. The summed E-state index contributed by atoms with van der Waals surface area (Å²) in [7, 11) is 0. The Morgan fingerprint density at radius 3 is 2.45 bits per heavy atom. The number of piperidine rings is 1. The van der Waals surface area contributed by atoms with Gasteiger partial charge in [-0.05, 0) is 79.7 Å². The van der Waals surface area contributed by atoms with Gasteiger partial charge in [0.1, 0.15) is 11.2 Å². The van der Waals surface area contributed by atoms with Crippen molar-refractivity contribution < 1.29 is 18.0 Å². The Bertz CT molecular complexity index is 1440.